The van der Waals surface area contributed by atoms with E-state index in [1.165, 1.54) is 11.3 Å². The molecule has 0 aliphatic rings. The van der Waals surface area contributed by atoms with Crippen LogP contribution in [0.1, 0.15) is 17.0 Å². The molecule has 0 radical (unpaired) electrons. The quantitative estimate of drug-likeness (QED) is 0.660. The first kappa shape index (κ1) is 15.9. The number of thiazole rings is 1. The van der Waals surface area contributed by atoms with Gasteiger partial charge in [-0.3, -0.25) is 9.20 Å². The Bertz CT molecular complexity index is 889. The minimum Gasteiger partial charge on any atom is -0.269 e. The first-order valence-corrected chi connectivity index (χ1v) is 9.32. The smallest absolute Gasteiger partial charge is 0.258 e. The Morgan fingerprint density at radius 1 is 1.23 bits per heavy atom. The maximum Gasteiger partial charge on any atom is 0.258 e. The number of hydrogen-bond acceptors (Lipinski definition) is 4. The molecule has 2 heterocycles. The fourth-order valence-corrected chi connectivity index (χ4v) is 4.16. The molecule has 2 aromatic heterocycles. The van der Waals surface area contributed by atoms with Gasteiger partial charge >= 0.3 is 0 Å². The topological polar surface area (TPSA) is 34.4 Å². The molecule has 0 bridgehead atoms. The van der Waals surface area contributed by atoms with Crippen molar-refractivity contribution < 1.29 is 0 Å². The minimum atomic E-state index is -0.0195. The van der Waals surface area contributed by atoms with E-state index < -0.39 is 0 Å². The highest BCUT2D eigenvalue weighted by Gasteiger charge is 2.07. The number of aryl methyl sites for hydroxylation is 1. The van der Waals surface area contributed by atoms with Gasteiger partial charge in [0.25, 0.3) is 5.56 Å². The van der Waals surface area contributed by atoms with Gasteiger partial charge in [-0.25, -0.2) is 4.98 Å². The van der Waals surface area contributed by atoms with E-state index in [-0.39, 0.29) is 5.56 Å². The zero-order valence-corrected chi connectivity index (χ0v) is 14.8. The van der Waals surface area contributed by atoms with E-state index in [2.05, 4.69) is 4.98 Å². The molecule has 114 valence electrons. The van der Waals surface area contributed by atoms with Gasteiger partial charge in [0.15, 0.2) is 4.96 Å². The van der Waals surface area contributed by atoms with E-state index >= 15 is 0 Å². The summed E-state index contributed by atoms with van der Waals surface area (Å²) in [6, 6.07) is 7.22. The Balaban J connectivity index is 1.71. The predicted molar refractivity (Wildman–Crippen MR) is 95.5 cm³/mol. The van der Waals surface area contributed by atoms with Gasteiger partial charge in [-0.1, -0.05) is 29.3 Å². The first-order valence-electron chi connectivity index (χ1n) is 6.53. The van der Waals surface area contributed by atoms with E-state index in [1.54, 1.807) is 28.3 Å². The average molecular weight is 371 g/mol. The number of halogens is 2. The second-order valence-electron chi connectivity index (χ2n) is 4.82. The first-order chi connectivity index (χ1) is 10.5. The number of benzene rings is 1. The lowest BCUT2D eigenvalue weighted by molar-refractivity contribution is 0.997. The van der Waals surface area contributed by atoms with Crippen LogP contribution in [0.15, 0.2) is 34.4 Å². The van der Waals surface area contributed by atoms with E-state index in [4.69, 9.17) is 23.2 Å². The van der Waals surface area contributed by atoms with Gasteiger partial charge in [0.1, 0.15) is 0 Å². The van der Waals surface area contributed by atoms with Crippen molar-refractivity contribution in [2.24, 2.45) is 0 Å². The maximum atomic E-state index is 12.1. The Morgan fingerprint density at radius 3 is 2.82 bits per heavy atom. The largest absolute Gasteiger partial charge is 0.269 e. The summed E-state index contributed by atoms with van der Waals surface area (Å²) < 4.78 is 1.64. The van der Waals surface area contributed by atoms with Crippen LogP contribution in [0.25, 0.3) is 4.96 Å². The van der Waals surface area contributed by atoms with Crippen molar-refractivity contribution in [1.82, 2.24) is 9.38 Å². The number of fused-ring (bicyclic) bond motifs is 1. The fourth-order valence-electron chi connectivity index (χ4n) is 2.08. The molecule has 1 aromatic carbocycles. The standard InChI is InChI=1S/C15H12Cl2N2OS2/c1-9-6-22-15-18-11(5-14(20)19(9)15)8-21-7-10-2-3-12(16)13(17)4-10/h2-6H,7-8H2,1H3. The highest BCUT2D eigenvalue weighted by Crippen LogP contribution is 2.25. The van der Waals surface area contributed by atoms with Crippen molar-refractivity contribution in [3.63, 3.8) is 0 Å². The van der Waals surface area contributed by atoms with Crippen molar-refractivity contribution in [3.05, 3.63) is 67.0 Å². The van der Waals surface area contributed by atoms with E-state index in [0.717, 1.165) is 27.7 Å². The lowest BCUT2D eigenvalue weighted by Gasteiger charge is -2.04. The third-order valence-corrected chi connectivity index (χ3v) is 5.85. The zero-order valence-electron chi connectivity index (χ0n) is 11.7. The Morgan fingerprint density at radius 2 is 2.05 bits per heavy atom. The molecule has 22 heavy (non-hydrogen) atoms. The molecule has 3 nitrogen and oxygen atoms in total. The summed E-state index contributed by atoms with van der Waals surface area (Å²) in [6.45, 7) is 1.91. The van der Waals surface area contributed by atoms with E-state index in [0.29, 0.717) is 15.8 Å². The van der Waals surface area contributed by atoms with Crippen LogP contribution >= 0.6 is 46.3 Å². The monoisotopic (exact) mass is 370 g/mol. The van der Waals surface area contributed by atoms with Gasteiger partial charge in [-0.2, -0.15) is 11.8 Å². The molecule has 0 saturated heterocycles. The molecule has 0 fully saturated rings. The molecular formula is C15H12Cl2N2OS2. The van der Waals surface area contributed by atoms with Crippen LogP contribution in [0.2, 0.25) is 10.0 Å². The number of nitrogens with zero attached hydrogens (tertiary/aromatic N) is 2. The zero-order chi connectivity index (χ0) is 15.7. The summed E-state index contributed by atoms with van der Waals surface area (Å²) in [4.78, 5) is 17.4. The second-order valence-corrected chi connectivity index (χ2v) is 7.46. The molecule has 0 spiro atoms. The summed E-state index contributed by atoms with van der Waals surface area (Å²) in [5, 5.41) is 3.06. The Hall–Kier alpha value is -1.01. The molecule has 3 aromatic rings. The van der Waals surface area contributed by atoms with Gasteiger partial charge in [-0.15, -0.1) is 11.3 Å². The van der Waals surface area contributed by atoms with Gasteiger partial charge < -0.3 is 0 Å². The highest BCUT2D eigenvalue weighted by molar-refractivity contribution is 7.97. The van der Waals surface area contributed by atoms with Gasteiger partial charge in [0, 0.05) is 28.6 Å². The number of hydrogen-bond donors (Lipinski definition) is 0. The summed E-state index contributed by atoms with van der Waals surface area (Å²) in [6.07, 6.45) is 0. The second kappa shape index (κ2) is 6.62. The molecule has 0 N–H and O–H groups in total. The minimum absolute atomic E-state index is 0.0195. The Labute approximate surface area is 145 Å². The lowest BCUT2D eigenvalue weighted by Crippen LogP contribution is -2.14. The molecule has 0 aliphatic carbocycles. The highest BCUT2D eigenvalue weighted by atomic mass is 35.5. The van der Waals surface area contributed by atoms with Crippen LogP contribution in [0.3, 0.4) is 0 Å². The average Bonchev–Trinajstić information content (AvgIpc) is 2.85. The van der Waals surface area contributed by atoms with Crippen molar-refractivity contribution in [2.75, 3.05) is 0 Å². The predicted octanol–water partition coefficient (Wildman–Crippen LogP) is 4.80. The van der Waals surface area contributed by atoms with Gasteiger partial charge in [-0.05, 0) is 24.6 Å². The van der Waals surface area contributed by atoms with Crippen molar-refractivity contribution in [3.8, 4) is 0 Å². The number of thioether (sulfide) groups is 1. The molecule has 0 atom stereocenters. The Kier molecular flexibility index (Phi) is 4.78. The summed E-state index contributed by atoms with van der Waals surface area (Å²) >= 11 is 15.1. The summed E-state index contributed by atoms with van der Waals surface area (Å²) in [7, 11) is 0. The molecular weight excluding hydrogens is 359 g/mol. The number of aromatic nitrogens is 2. The van der Waals surface area contributed by atoms with Gasteiger partial charge in [0.2, 0.25) is 0 Å². The van der Waals surface area contributed by atoms with Crippen LogP contribution in [0.5, 0.6) is 0 Å². The lowest BCUT2D eigenvalue weighted by atomic mass is 10.2. The SMILES string of the molecule is Cc1csc2nc(CSCc3ccc(Cl)c(Cl)c3)cc(=O)n12. The van der Waals surface area contributed by atoms with Gasteiger partial charge in [0.05, 0.1) is 15.7 Å². The number of rotatable bonds is 4. The molecule has 0 aliphatic heterocycles. The van der Waals surface area contributed by atoms with E-state index in [1.807, 2.05) is 24.4 Å². The molecule has 7 heteroatoms. The third kappa shape index (κ3) is 3.33. The normalized spacial score (nSPS) is 11.2. The molecule has 0 saturated carbocycles. The van der Waals surface area contributed by atoms with Crippen molar-refractivity contribution in [2.45, 2.75) is 18.4 Å². The van der Waals surface area contributed by atoms with Crippen LogP contribution in [-0.2, 0) is 11.5 Å². The van der Waals surface area contributed by atoms with E-state index in [9.17, 15) is 4.79 Å². The van der Waals surface area contributed by atoms with Crippen LogP contribution in [0.4, 0.5) is 0 Å². The summed E-state index contributed by atoms with van der Waals surface area (Å²) in [5.41, 5.74) is 2.81. The fraction of sp³-hybridized carbons (Fsp3) is 0.200. The molecule has 3 rings (SSSR count). The van der Waals surface area contributed by atoms with Crippen molar-refractivity contribution >= 4 is 51.3 Å². The third-order valence-electron chi connectivity index (χ3n) is 3.13. The maximum absolute atomic E-state index is 12.1. The van der Waals surface area contributed by atoms with Crippen LogP contribution < -0.4 is 5.56 Å². The summed E-state index contributed by atoms with van der Waals surface area (Å²) in [5.74, 6) is 1.48. The van der Waals surface area contributed by atoms with Crippen LogP contribution in [0, 0.1) is 6.92 Å². The van der Waals surface area contributed by atoms with Crippen molar-refractivity contribution in [1.29, 1.82) is 0 Å². The van der Waals surface area contributed by atoms with Crippen LogP contribution in [-0.4, -0.2) is 9.38 Å². The molecule has 0 amide bonds. The molecule has 0 unspecified atom stereocenters.